The molecule has 122 valence electrons. The molecule has 1 saturated carbocycles. The van der Waals surface area contributed by atoms with Crippen molar-refractivity contribution in [2.24, 2.45) is 5.73 Å². The molecule has 0 heterocycles. The van der Waals surface area contributed by atoms with E-state index in [0.717, 1.165) is 12.8 Å². The molecular weight excluding hydrogens is 274 g/mol. The van der Waals surface area contributed by atoms with Crippen LogP contribution in [0.15, 0.2) is 24.3 Å². The van der Waals surface area contributed by atoms with E-state index in [4.69, 9.17) is 10.5 Å². The molecule has 1 fully saturated rings. The zero-order valence-corrected chi connectivity index (χ0v) is 13.9. The number of nitrogens with two attached hydrogens (primary N) is 1. The van der Waals surface area contributed by atoms with Crippen molar-refractivity contribution in [1.29, 1.82) is 0 Å². The number of methoxy groups -OCH3 is 1. The molecule has 0 amide bonds. The molecule has 1 aliphatic carbocycles. The van der Waals surface area contributed by atoms with Gasteiger partial charge >= 0.3 is 5.97 Å². The van der Waals surface area contributed by atoms with Gasteiger partial charge in [0.25, 0.3) is 0 Å². The zero-order valence-electron chi connectivity index (χ0n) is 13.9. The van der Waals surface area contributed by atoms with Crippen LogP contribution in [0, 0.1) is 0 Å². The minimum absolute atomic E-state index is 0.275. The first-order chi connectivity index (χ1) is 10.6. The van der Waals surface area contributed by atoms with Crippen molar-refractivity contribution in [2.45, 2.75) is 69.7 Å². The fraction of sp³-hybridized carbons (Fsp3) is 0.632. The number of aryl methyl sites for hydroxylation is 1. The second-order valence-electron chi connectivity index (χ2n) is 6.64. The molecule has 0 unspecified atom stereocenters. The first kappa shape index (κ1) is 17.0. The van der Waals surface area contributed by atoms with Gasteiger partial charge < -0.3 is 10.5 Å². The molecule has 1 aromatic carbocycles. The normalized spacial score (nSPS) is 24.4. The number of esters is 1. The van der Waals surface area contributed by atoms with Crippen molar-refractivity contribution in [1.82, 2.24) is 0 Å². The van der Waals surface area contributed by atoms with Crippen LogP contribution in [0.1, 0.15) is 68.9 Å². The molecule has 0 aromatic heterocycles. The third kappa shape index (κ3) is 4.10. The average Bonchev–Trinajstić information content (AvgIpc) is 2.95. The first-order valence-corrected chi connectivity index (χ1v) is 8.55. The van der Waals surface area contributed by atoms with Gasteiger partial charge in [0, 0.05) is 0 Å². The lowest BCUT2D eigenvalue weighted by Crippen LogP contribution is -2.46. The number of ether oxygens (including phenoxy) is 1. The molecule has 2 N–H and O–H groups in total. The van der Waals surface area contributed by atoms with E-state index in [2.05, 4.69) is 31.2 Å². The minimum atomic E-state index is -0.793. The predicted molar refractivity (Wildman–Crippen MR) is 89.8 cm³/mol. The molecule has 0 bridgehead atoms. The molecule has 22 heavy (non-hydrogen) atoms. The maximum Gasteiger partial charge on any atom is 0.325 e. The molecule has 3 heteroatoms. The molecule has 1 aromatic rings. The van der Waals surface area contributed by atoms with Crippen LogP contribution in [0.4, 0.5) is 0 Å². The Kier molecular flexibility index (Phi) is 6.01. The third-order valence-corrected chi connectivity index (χ3v) is 4.91. The number of unbranched alkanes of at least 4 members (excludes halogenated alkanes) is 3. The molecule has 2 rings (SSSR count). The van der Waals surface area contributed by atoms with Crippen LogP contribution in [0.25, 0.3) is 0 Å². The lowest BCUT2D eigenvalue weighted by molar-refractivity contribution is -0.146. The summed E-state index contributed by atoms with van der Waals surface area (Å²) in [4.78, 5) is 11.8. The van der Waals surface area contributed by atoms with Crippen molar-refractivity contribution in [3.8, 4) is 0 Å². The zero-order chi connectivity index (χ0) is 16.0. The van der Waals surface area contributed by atoms with Crippen molar-refractivity contribution >= 4 is 5.97 Å². The Balaban J connectivity index is 1.90. The number of carbonyl (C=O) groups is 1. The second kappa shape index (κ2) is 7.77. The Morgan fingerprint density at radius 1 is 1.27 bits per heavy atom. The van der Waals surface area contributed by atoms with Crippen molar-refractivity contribution in [3.05, 3.63) is 35.4 Å². The summed E-state index contributed by atoms with van der Waals surface area (Å²) < 4.78 is 4.84. The predicted octanol–water partition coefficient (Wildman–Crippen LogP) is 3.95. The smallest absolute Gasteiger partial charge is 0.325 e. The van der Waals surface area contributed by atoms with E-state index >= 15 is 0 Å². The van der Waals surface area contributed by atoms with Gasteiger partial charge in [-0.05, 0) is 49.1 Å². The van der Waals surface area contributed by atoms with Crippen LogP contribution in [0.3, 0.4) is 0 Å². The van der Waals surface area contributed by atoms with Crippen LogP contribution in [0.5, 0.6) is 0 Å². The van der Waals surface area contributed by atoms with E-state index in [0.29, 0.717) is 18.8 Å². The van der Waals surface area contributed by atoms with Gasteiger partial charge in [-0.2, -0.15) is 0 Å². The Bertz CT molecular complexity index is 483. The fourth-order valence-corrected chi connectivity index (χ4v) is 3.46. The van der Waals surface area contributed by atoms with Gasteiger partial charge in [0.2, 0.25) is 0 Å². The van der Waals surface area contributed by atoms with Gasteiger partial charge in [-0.3, -0.25) is 4.79 Å². The van der Waals surface area contributed by atoms with Gasteiger partial charge in [-0.25, -0.2) is 0 Å². The van der Waals surface area contributed by atoms with Crippen LogP contribution in [-0.2, 0) is 16.0 Å². The fourth-order valence-electron chi connectivity index (χ4n) is 3.46. The van der Waals surface area contributed by atoms with Gasteiger partial charge in [0.05, 0.1) is 7.11 Å². The van der Waals surface area contributed by atoms with E-state index in [1.54, 1.807) is 0 Å². The third-order valence-electron chi connectivity index (χ3n) is 4.91. The number of rotatable bonds is 7. The Hall–Kier alpha value is -1.35. The van der Waals surface area contributed by atoms with Crippen molar-refractivity contribution in [2.75, 3.05) is 7.11 Å². The molecule has 0 aliphatic heterocycles. The standard InChI is InChI=1S/C19H29NO2/c1-3-4-5-6-7-15-8-10-16(11-9-15)17-12-13-19(20,14-17)18(21)22-2/h8-11,17H,3-7,12-14,20H2,1-2H3/t17-,19+/m0/s1. The highest BCUT2D eigenvalue weighted by Crippen LogP contribution is 2.40. The number of hydrogen-bond acceptors (Lipinski definition) is 3. The maximum atomic E-state index is 11.8. The van der Waals surface area contributed by atoms with Crippen molar-refractivity contribution in [3.63, 3.8) is 0 Å². The average molecular weight is 303 g/mol. The number of benzene rings is 1. The van der Waals surface area contributed by atoms with Gasteiger partial charge in [0.15, 0.2) is 0 Å². The largest absolute Gasteiger partial charge is 0.468 e. The van der Waals surface area contributed by atoms with Crippen LogP contribution in [0.2, 0.25) is 0 Å². The maximum absolute atomic E-state index is 11.8. The van der Waals surface area contributed by atoms with Crippen LogP contribution >= 0.6 is 0 Å². The molecule has 3 nitrogen and oxygen atoms in total. The summed E-state index contributed by atoms with van der Waals surface area (Å²) in [6, 6.07) is 8.89. The van der Waals surface area contributed by atoms with Crippen molar-refractivity contribution < 1.29 is 9.53 Å². The highest BCUT2D eigenvalue weighted by molar-refractivity contribution is 5.81. The first-order valence-electron chi connectivity index (χ1n) is 8.55. The minimum Gasteiger partial charge on any atom is -0.468 e. The lowest BCUT2D eigenvalue weighted by Gasteiger charge is -2.20. The molecule has 2 atom stereocenters. The SMILES string of the molecule is CCCCCCc1ccc([C@H]2CC[C@](N)(C(=O)OC)C2)cc1. The van der Waals surface area contributed by atoms with Gasteiger partial charge in [-0.1, -0.05) is 50.5 Å². The Morgan fingerprint density at radius 3 is 2.64 bits per heavy atom. The number of hydrogen-bond donors (Lipinski definition) is 1. The highest BCUT2D eigenvalue weighted by atomic mass is 16.5. The van der Waals surface area contributed by atoms with E-state index in [9.17, 15) is 4.79 Å². The summed E-state index contributed by atoms with van der Waals surface area (Å²) in [5.41, 5.74) is 8.10. The molecule has 0 saturated heterocycles. The summed E-state index contributed by atoms with van der Waals surface area (Å²) in [5, 5.41) is 0. The summed E-state index contributed by atoms with van der Waals surface area (Å²) in [6.07, 6.45) is 8.71. The van der Waals surface area contributed by atoms with Crippen LogP contribution in [-0.4, -0.2) is 18.6 Å². The Labute approximate surface area is 134 Å². The van der Waals surface area contributed by atoms with E-state index in [1.807, 2.05) is 0 Å². The summed E-state index contributed by atoms with van der Waals surface area (Å²) in [7, 11) is 1.41. The molecule has 0 radical (unpaired) electrons. The molecule has 1 aliphatic rings. The van der Waals surface area contributed by atoms with E-state index in [-0.39, 0.29) is 5.97 Å². The lowest BCUT2D eigenvalue weighted by atomic mass is 9.92. The van der Waals surface area contributed by atoms with Gasteiger partial charge in [0.1, 0.15) is 5.54 Å². The summed E-state index contributed by atoms with van der Waals surface area (Å²) >= 11 is 0. The van der Waals surface area contributed by atoms with Crippen LogP contribution < -0.4 is 5.73 Å². The Morgan fingerprint density at radius 2 is 2.00 bits per heavy atom. The summed E-state index contributed by atoms with van der Waals surface area (Å²) in [6.45, 7) is 2.24. The molecular formula is C19H29NO2. The van der Waals surface area contributed by atoms with E-state index in [1.165, 1.54) is 43.9 Å². The quantitative estimate of drug-likeness (QED) is 0.613. The monoisotopic (exact) mass is 303 g/mol. The van der Waals surface area contributed by atoms with E-state index < -0.39 is 5.54 Å². The number of carbonyl (C=O) groups excluding carboxylic acids is 1. The van der Waals surface area contributed by atoms with Gasteiger partial charge in [-0.15, -0.1) is 0 Å². The molecule has 0 spiro atoms. The topological polar surface area (TPSA) is 52.3 Å². The summed E-state index contributed by atoms with van der Waals surface area (Å²) in [5.74, 6) is 0.0979. The highest BCUT2D eigenvalue weighted by Gasteiger charge is 2.43. The second-order valence-corrected chi connectivity index (χ2v) is 6.64.